The van der Waals surface area contributed by atoms with Crippen LogP contribution in [0.3, 0.4) is 0 Å². The topological polar surface area (TPSA) is 41.8 Å². The Bertz CT molecular complexity index is 905. The number of ether oxygens (including phenoxy) is 1. The highest BCUT2D eigenvalue weighted by Crippen LogP contribution is 2.36. The van der Waals surface area contributed by atoms with Gasteiger partial charge in [0.15, 0.2) is 0 Å². The minimum Gasteiger partial charge on any atom is -0.475 e. The summed E-state index contributed by atoms with van der Waals surface area (Å²) in [4.78, 5) is 4.63. The number of nitrogens with zero attached hydrogens (tertiary/aromatic N) is 1. The Morgan fingerprint density at radius 2 is 1.26 bits per heavy atom. The quantitative estimate of drug-likeness (QED) is 0.697. The van der Waals surface area contributed by atoms with Gasteiger partial charge in [0, 0.05) is 5.56 Å². The Hall–Kier alpha value is -2.91. The Morgan fingerprint density at radius 3 is 1.70 bits per heavy atom. The number of hydrogen-bond acceptors (Lipinski definition) is 3. The van der Waals surface area contributed by atoms with E-state index in [1.807, 2.05) is 84.9 Å². The summed E-state index contributed by atoms with van der Waals surface area (Å²) >= 11 is 0. The molecule has 0 radical (unpaired) electrons. The fraction of sp³-hybridized carbons (Fsp3) is 0.208. The average molecular weight is 357 g/mol. The van der Waals surface area contributed by atoms with Gasteiger partial charge in [0.05, 0.1) is 5.54 Å². The van der Waals surface area contributed by atoms with Crippen molar-refractivity contribution in [3.8, 4) is 0 Å². The van der Waals surface area contributed by atoms with Crippen molar-refractivity contribution in [1.82, 2.24) is 0 Å². The molecule has 3 heteroatoms. The molecule has 3 nitrogen and oxygen atoms in total. The molecule has 0 aliphatic carbocycles. The van der Waals surface area contributed by atoms with E-state index in [-0.39, 0.29) is 5.54 Å². The first kappa shape index (κ1) is 17.5. The van der Waals surface area contributed by atoms with Crippen molar-refractivity contribution in [2.24, 2.45) is 4.99 Å². The summed E-state index contributed by atoms with van der Waals surface area (Å²) in [6.45, 7) is 4.69. The number of aliphatic imine (C=N–C) groups is 1. The van der Waals surface area contributed by atoms with Crippen LogP contribution in [-0.4, -0.2) is 23.2 Å². The van der Waals surface area contributed by atoms with Crippen LogP contribution in [0.5, 0.6) is 0 Å². The van der Waals surface area contributed by atoms with Gasteiger partial charge < -0.3 is 9.84 Å². The minimum atomic E-state index is -1.22. The van der Waals surface area contributed by atoms with Crippen LogP contribution in [0.2, 0.25) is 0 Å². The van der Waals surface area contributed by atoms with Gasteiger partial charge >= 0.3 is 0 Å². The molecule has 0 fully saturated rings. The molecule has 0 saturated heterocycles. The second-order valence-corrected chi connectivity index (χ2v) is 7.54. The molecule has 1 N–H and O–H groups in total. The molecular formula is C24H23NO2. The van der Waals surface area contributed by atoms with Crippen molar-refractivity contribution in [2.45, 2.75) is 25.0 Å². The van der Waals surface area contributed by atoms with E-state index in [0.29, 0.717) is 12.5 Å². The summed E-state index contributed by atoms with van der Waals surface area (Å²) in [5.41, 5.74) is 1.98. The molecule has 0 bridgehead atoms. The highest BCUT2D eigenvalue weighted by Gasteiger charge is 2.34. The fourth-order valence-corrected chi connectivity index (χ4v) is 3.45. The van der Waals surface area contributed by atoms with Crippen LogP contribution in [0.25, 0.3) is 0 Å². The van der Waals surface area contributed by atoms with Crippen LogP contribution in [0.4, 0.5) is 0 Å². The van der Waals surface area contributed by atoms with E-state index in [9.17, 15) is 5.11 Å². The summed E-state index contributed by atoms with van der Waals surface area (Å²) in [7, 11) is 0. The van der Waals surface area contributed by atoms with Crippen LogP contribution < -0.4 is 0 Å². The summed E-state index contributed by atoms with van der Waals surface area (Å²) in [5, 5.41) is 11.8. The van der Waals surface area contributed by atoms with Gasteiger partial charge in [0.2, 0.25) is 5.90 Å². The summed E-state index contributed by atoms with van der Waals surface area (Å²) in [6.07, 6.45) is 0. The molecule has 3 aromatic rings. The van der Waals surface area contributed by atoms with Crippen LogP contribution in [-0.2, 0) is 10.3 Å². The molecule has 0 atom stereocenters. The van der Waals surface area contributed by atoms with Crippen molar-refractivity contribution in [3.05, 3.63) is 107 Å². The average Bonchev–Trinajstić information content (AvgIpc) is 3.08. The van der Waals surface area contributed by atoms with E-state index in [4.69, 9.17) is 4.74 Å². The lowest BCUT2D eigenvalue weighted by Crippen LogP contribution is -2.28. The molecule has 0 saturated carbocycles. The predicted molar refractivity (Wildman–Crippen MR) is 108 cm³/mol. The fourth-order valence-electron chi connectivity index (χ4n) is 3.45. The molecule has 136 valence electrons. The third kappa shape index (κ3) is 3.26. The molecule has 4 rings (SSSR count). The van der Waals surface area contributed by atoms with Gasteiger partial charge in [-0.25, -0.2) is 4.99 Å². The zero-order valence-corrected chi connectivity index (χ0v) is 15.6. The van der Waals surface area contributed by atoms with E-state index < -0.39 is 5.60 Å². The molecule has 1 aliphatic heterocycles. The second kappa shape index (κ2) is 6.67. The van der Waals surface area contributed by atoms with Crippen molar-refractivity contribution >= 4 is 5.90 Å². The lowest BCUT2D eigenvalue weighted by molar-refractivity contribution is 0.125. The number of hydrogen-bond donors (Lipinski definition) is 1. The minimum absolute atomic E-state index is 0.192. The smallest absolute Gasteiger partial charge is 0.216 e. The molecule has 0 aromatic heterocycles. The Balaban J connectivity index is 1.78. The number of rotatable bonds is 4. The maximum absolute atomic E-state index is 11.8. The highest BCUT2D eigenvalue weighted by atomic mass is 16.5. The molecule has 0 spiro atoms. The van der Waals surface area contributed by atoms with Crippen LogP contribution in [0.15, 0.2) is 89.9 Å². The van der Waals surface area contributed by atoms with Crippen molar-refractivity contribution in [1.29, 1.82) is 0 Å². The highest BCUT2D eigenvalue weighted by molar-refractivity contribution is 5.95. The van der Waals surface area contributed by atoms with E-state index in [0.717, 1.165) is 22.3 Å². The zero-order chi connectivity index (χ0) is 18.9. The maximum Gasteiger partial charge on any atom is 0.216 e. The number of aliphatic hydroxyl groups is 1. The molecule has 3 aromatic carbocycles. The number of benzene rings is 3. The van der Waals surface area contributed by atoms with Crippen molar-refractivity contribution in [3.63, 3.8) is 0 Å². The molecule has 0 unspecified atom stereocenters. The first-order chi connectivity index (χ1) is 13.0. The molecule has 1 heterocycles. The van der Waals surface area contributed by atoms with Gasteiger partial charge in [0.1, 0.15) is 12.2 Å². The standard InChI is InChI=1S/C24H23NO2/c1-23(2)17-27-22(25-23)18-13-15-21(16-14-18)24(26,19-9-5-3-6-10-19)20-11-7-4-8-12-20/h3-16,26H,17H2,1-2H3. The monoisotopic (exact) mass is 357 g/mol. The molecule has 1 aliphatic rings. The normalized spacial score (nSPS) is 15.9. The Labute approximate surface area is 160 Å². The van der Waals surface area contributed by atoms with Crippen LogP contribution in [0, 0.1) is 0 Å². The van der Waals surface area contributed by atoms with E-state index in [2.05, 4.69) is 18.8 Å². The third-order valence-corrected chi connectivity index (χ3v) is 4.90. The first-order valence-corrected chi connectivity index (χ1v) is 9.16. The summed E-state index contributed by atoms with van der Waals surface area (Å²) in [5.74, 6) is 0.662. The van der Waals surface area contributed by atoms with Crippen LogP contribution >= 0.6 is 0 Å². The van der Waals surface area contributed by atoms with E-state index in [1.165, 1.54) is 0 Å². The van der Waals surface area contributed by atoms with Crippen molar-refractivity contribution < 1.29 is 9.84 Å². The Kier molecular flexibility index (Phi) is 4.33. The molecule has 0 amide bonds. The third-order valence-electron chi connectivity index (χ3n) is 4.90. The summed E-state index contributed by atoms with van der Waals surface area (Å²) < 4.78 is 5.74. The van der Waals surface area contributed by atoms with Gasteiger partial charge in [-0.2, -0.15) is 0 Å². The lowest BCUT2D eigenvalue weighted by Gasteiger charge is -2.30. The Morgan fingerprint density at radius 1 is 0.778 bits per heavy atom. The van der Waals surface area contributed by atoms with E-state index >= 15 is 0 Å². The van der Waals surface area contributed by atoms with Gasteiger partial charge in [0.25, 0.3) is 0 Å². The van der Waals surface area contributed by atoms with Gasteiger partial charge in [-0.1, -0.05) is 72.8 Å². The second-order valence-electron chi connectivity index (χ2n) is 7.54. The van der Waals surface area contributed by atoms with Gasteiger partial charge in [-0.05, 0) is 42.7 Å². The lowest BCUT2D eigenvalue weighted by atomic mass is 9.80. The van der Waals surface area contributed by atoms with Crippen LogP contribution in [0.1, 0.15) is 36.1 Å². The SMILES string of the molecule is CC1(C)COC(c2ccc(C(O)(c3ccccc3)c3ccccc3)cc2)=N1. The van der Waals surface area contributed by atoms with Crippen molar-refractivity contribution in [2.75, 3.05) is 6.61 Å². The predicted octanol–water partition coefficient (Wildman–Crippen LogP) is 4.53. The zero-order valence-electron chi connectivity index (χ0n) is 15.6. The van der Waals surface area contributed by atoms with Gasteiger partial charge in [-0.15, -0.1) is 0 Å². The first-order valence-electron chi connectivity index (χ1n) is 9.16. The molecular weight excluding hydrogens is 334 g/mol. The molecule has 27 heavy (non-hydrogen) atoms. The van der Waals surface area contributed by atoms with E-state index in [1.54, 1.807) is 0 Å². The maximum atomic E-state index is 11.8. The summed E-state index contributed by atoms with van der Waals surface area (Å²) in [6, 6.07) is 27.3. The largest absolute Gasteiger partial charge is 0.475 e. The van der Waals surface area contributed by atoms with Gasteiger partial charge in [-0.3, -0.25) is 0 Å².